The number of carbonyl (C=O) groups is 1. The first-order valence-corrected chi connectivity index (χ1v) is 4.79. The first-order chi connectivity index (χ1) is 7.06. The van der Waals surface area contributed by atoms with E-state index in [4.69, 9.17) is 11.6 Å². The van der Waals surface area contributed by atoms with E-state index in [0.717, 1.165) is 0 Å². The van der Waals surface area contributed by atoms with Gasteiger partial charge < -0.3 is 10.0 Å². The number of aromatic nitrogens is 2. The van der Waals surface area contributed by atoms with Crippen LogP contribution >= 0.6 is 11.6 Å². The molecule has 0 aromatic carbocycles. The minimum absolute atomic E-state index is 0.118. The van der Waals surface area contributed by atoms with Gasteiger partial charge in [0.1, 0.15) is 17.3 Å². The molecule has 6 heteroatoms. The van der Waals surface area contributed by atoms with Gasteiger partial charge in [0.2, 0.25) is 0 Å². The molecule has 0 aliphatic carbocycles. The summed E-state index contributed by atoms with van der Waals surface area (Å²) in [6.45, 7) is 2.02. The summed E-state index contributed by atoms with van der Waals surface area (Å²) in [4.78, 5) is 20.1. The summed E-state index contributed by atoms with van der Waals surface area (Å²) in [5.74, 6) is 0.422. The summed E-state index contributed by atoms with van der Waals surface area (Å²) >= 11 is 5.74. The van der Waals surface area contributed by atoms with Crippen molar-refractivity contribution in [1.82, 2.24) is 9.97 Å². The highest BCUT2D eigenvalue weighted by molar-refractivity contribution is 6.32. The zero-order valence-electron chi connectivity index (χ0n) is 8.51. The molecule has 1 heterocycles. The largest absolute Gasteiger partial charge is 0.392 e. The Morgan fingerprint density at radius 2 is 2.33 bits per heavy atom. The van der Waals surface area contributed by atoms with Crippen LogP contribution in [-0.4, -0.2) is 41.1 Å². The number of hydrogen-bond donors (Lipinski definition) is 1. The number of nitrogens with zero attached hydrogens (tertiary/aromatic N) is 3. The predicted molar refractivity (Wildman–Crippen MR) is 57.4 cm³/mol. The van der Waals surface area contributed by atoms with Crippen molar-refractivity contribution in [3.8, 4) is 0 Å². The van der Waals surface area contributed by atoms with Crippen LogP contribution in [0, 0.1) is 0 Å². The van der Waals surface area contributed by atoms with Crippen molar-refractivity contribution in [3.05, 3.63) is 17.0 Å². The Morgan fingerprint density at radius 3 is 2.87 bits per heavy atom. The van der Waals surface area contributed by atoms with Crippen molar-refractivity contribution in [2.24, 2.45) is 0 Å². The van der Waals surface area contributed by atoms with Crippen molar-refractivity contribution < 1.29 is 9.90 Å². The number of halogens is 1. The first kappa shape index (κ1) is 11.9. The quantitative estimate of drug-likeness (QED) is 0.610. The summed E-state index contributed by atoms with van der Waals surface area (Å²) in [5.41, 5.74) is 0.238. The second-order valence-electron chi connectivity index (χ2n) is 3.25. The summed E-state index contributed by atoms with van der Waals surface area (Å²) < 4.78 is 0. The van der Waals surface area contributed by atoms with Crippen LogP contribution in [0.4, 0.5) is 5.82 Å². The number of carbonyl (C=O) groups excluding carboxylic acids is 1. The van der Waals surface area contributed by atoms with Gasteiger partial charge >= 0.3 is 0 Å². The van der Waals surface area contributed by atoms with E-state index >= 15 is 0 Å². The topological polar surface area (TPSA) is 66.3 Å². The van der Waals surface area contributed by atoms with Crippen molar-refractivity contribution in [1.29, 1.82) is 0 Å². The highest BCUT2D eigenvalue weighted by atomic mass is 35.5. The number of rotatable bonds is 4. The van der Waals surface area contributed by atoms with Crippen LogP contribution in [0.5, 0.6) is 0 Å². The lowest BCUT2D eigenvalue weighted by Crippen LogP contribution is -2.28. The summed E-state index contributed by atoms with van der Waals surface area (Å²) in [6, 6.07) is 0. The van der Waals surface area contributed by atoms with E-state index in [1.165, 1.54) is 6.33 Å². The molecule has 1 aromatic rings. The number of likely N-dealkylation sites (N-methyl/N-ethyl adjacent to an activating group) is 1. The number of hydrogen-bond acceptors (Lipinski definition) is 5. The fourth-order valence-corrected chi connectivity index (χ4v) is 1.43. The maximum absolute atomic E-state index is 10.8. The third kappa shape index (κ3) is 2.87. The molecule has 0 saturated carbocycles. The Kier molecular flexibility index (Phi) is 3.99. The van der Waals surface area contributed by atoms with Crippen molar-refractivity contribution in [2.75, 3.05) is 18.5 Å². The maximum Gasteiger partial charge on any atom is 0.156 e. The maximum atomic E-state index is 10.8. The summed E-state index contributed by atoms with van der Waals surface area (Å²) in [5, 5.41) is 9.33. The van der Waals surface area contributed by atoms with Crippen molar-refractivity contribution in [2.45, 2.75) is 13.0 Å². The van der Waals surface area contributed by atoms with Crippen LogP contribution in [0.15, 0.2) is 6.33 Å². The van der Waals surface area contributed by atoms with Crippen LogP contribution < -0.4 is 4.90 Å². The minimum atomic E-state index is -0.511. The molecule has 82 valence electrons. The number of aliphatic hydroxyl groups is 1. The van der Waals surface area contributed by atoms with Crippen LogP contribution in [0.1, 0.15) is 17.3 Å². The molecule has 15 heavy (non-hydrogen) atoms. The number of aliphatic hydroxyl groups excluding tert-OH is 1. The molecule has 0 amide bonds. The molecule has 0 saturated heterocycles. The fraction of sp³-hybridized carbons (Fsp3) is 0.444. The van der Waals surface area contributed by atoms with Gasteiger partial charge in [0.05, 0.1) is 11.7 Å². The second-order valence-corrected chi connectivity index (χ2v) is 3.61. The molecule has 1 aromatic heterocycles. The van der Waals surface area contributed by atoms with E-state index in [1.807, 2.05) is 0 Å². The predicted octanol–water partition coefficient (Wildman–Crippen LogP) is 0.760. The lowest BCUT2D eigenvalue weighted by molar-refractivity contribution is 0.112. The molecular formula is C9H12ClN3O2. The lowest BCUT2D eigenvalue weighted by Gasteiger charge is -2.20. The van der Waals surface area contributed by atoms with Gasteiger partial charge in [-0.3, -0.25) is 4.79 Å². The highest BCUT2D eigenvalue weighted by Crippen LogP contribution is 2.20. The molecule has 0 radical (unpaired) electrons. The molecule has 1 N–H and O–H groups in total. The zero-order chi connectivity index (χ0) is 11.4. The molecule has 0 aliphatic heterocycles. The molecule has 0 fully saturated rings. The highest BCUT2D eigenvalue weighted by Gasteiger charge is 2.13. The molecule has 1 rings (SSSR count). The monoisotopic (exact) mass is 229 g/mol. The Morgan fingerprint density at radius 1 is 1.67 bits per heavy atom. The third-order valence-electron chi connectivity index (χ3n) is 1.83. The first-order valence-electron chi connectivity index (χ1n) is 4.41. The lowest BCUT2D eigenvalue weighted by atomic mass is 10.3. The van der Waals surface area contributed by atoms with Gasteiger partial charge in [-0.25, -0.2) is 9.97 Å². The van der Waals surface area contributed by atoms with E-state index in [2.05, 4.69) is 9.97 Å². The molecule has 0 spiro atoms. The van der Waals surface area contributed by atoms with Crippen LogP contribution in [-0.2, 0) is 0 Å². The van der Waals surface area contributed by atoms with Crippen molar-refractivity contribution >= 4 is 23.7 Å². The second kappa shape index (κ2) is 5.04. The van der Waals surface area contributed by atoms with E-state index < -0.39 is 6.10 Å². The normalized spacial score (nSPS) is 12.3. The third-order valence-corrected chi connectivity index (χ3v) is 2.13. The van der Waals surface area contributed by atoms with Crippen LogP contribution in [0.3, 0.4) is 0 Å². The Balaban J connectivity index is 3.02. The molecule has 0 bridgehead atoms. The molecular weight excluding hydrogens is 218 g/mol. The number of aldehydes is 1. The molecule has 1 atom stereocenters. The van der Waals surface area contributed by atoms with Crippen molar-refractivity contribution in [3.63, 3.8) is 0 Å². The average Bonchev–Trinajstić information content (AvgIpc) is 2.16. The molecule has 5 nitrogen and oxygen atoms in total. The van der Waals surface area contributed by atoms with Gasteiger partial charge in [-0.15, -0.1) is 0 Å². The average molecular weight is 230 g/mol. The fourth-order valence-electron chi connectivity index (χ4n) is 1.25. The van der Waals surface area contributed by atoms with Crippen LogP contribution in [0.25, 0.3) is 0 Å². The van der Waals surface area contributed by atoms with Gasteiger partial charge in [-0.2, -0.15) is 0 Å². The van der Waals surface area contributed by atoms with Gasteiger partial charge in [-0.05, 0) is 6.92 Å². The van der Waals surface area contributed by atoms with Gasteiger partial charge in [0, 0.05) is 13.6 Å². The van der Waals surface area contributed by atoms with Gasteiger partial charge in [-0.1, -0.05) is 11.6 Å². The zero-order valence-corrected chi connectivity index (χ0v) is 9.27. The smallest absolute Gasteiger partial charge is 0.156 e. The molecule has 1 unspecified atom stereocenters. The van der Waals surface area contributed by atoms with Gasteiger partial charge in [0.15, 0.2) is 6.29 Å². The van der Waals surface area contributed by atoms with E-state index in [0.29, 0.717) is 18.6 Å². The Hall–Kier alpha value is -1.20. The van der Waals surface area contributed by atoms with E-state index in [1.54, 1.807) is 18.9 Å². The Bertz CT molecular complexity index is 357. The van der Waals surface area contributed by atoms with E-state index in [-0.39, 0.29) is 10.7 Å². The van der Waals surface area contributed by atoms with Crippen LogP contribution in [0.2, 0.25) is 5.15 Å². The number of anilines is 1. The van der Waals surface area contributed by atoms with Gasteiger partial charge in [0.25, 0.3) is 0 Å². The summed E-state index contributed by atoms with van der Waals surface area (Å²) in [6.07, 6.45) is 1.38. The summed E-state index contributed by atoms with van der Waals surface area (Å²) in [7, 11) is 1.72. The van der Waals surface area contributed by atoms with E-state index in [9.17, 15) is 9.90 Å². The molecule has 0 aliphatic rings. The SMILES string of the molecule is CC(O)CN(C)c1ncnc(Cl)c1C=O. The minimum Gasteiger partial charge on any atom is -0.392 e. The Labute approximate surface area is 92.7 Å². The standard InChI is InChI=1S/C9H12ClN3O2/c1-6(15)3-13(2)9-7(4-14)8(10)11-5-12-9/h4-6,15H,3H2,1-2H3.